The minimum Gasteiger partial charge on any atom is -0.394 e. The molecular formula is C56H107NO3. The van der Waals surface area contributed by atoms with E-state index in [0.717, 1.165) is 32.1 Å². The van der Waals surface area contributed by atoms with E-state index in [0.29, 0.717) is 6.42 Å². The molecule has 0 bridgehead atoms. The van der Waals surface area contributed by atoms with Crippen LogP contribution in [0.5, 0.6) is 0 Å². The zero-order valence-corrected chi connectivity index (χ0v) is 40.7. The number of allylic oxidation sites excluding steroid dienone is 5. The summed E-state index contributed by atoms with van der Waals surface area (Å²) in [5.74, 6) is -0.0652. The molecule has 0 saturated heterocycles. The van der Waals surface area contributed by atoms with Crippen LogP contribution in [-0.2, 0) is 4.79 Å². The monoisotopic (exact) mass is 842 g/mol. The topological polar surface area (TPSA) is 69.6 Å². The summed E-state index contributed by atoms with van der Waals surface area (Å²) in [5.41, 5.74) is 0. The van der Waals surface area contributed by atoms with E-state index in [2.05, 4.69) is 43.5 Å². The van der Waals surface area contributed by atoms with Crippen molar-refractivity contribution in [2.24, 2.45) is 0 Å². The molecule has 0 aliphatic carbocycles. The lowest BCUT2D eigenvalue weighted by molar-refractivity contribution is -0.123. The highest BCUT2D eigenvalue weighted by molar-refractivity contribution is 5.76. The van der Waals surface area contributed by atoms with E-state index in [1.807, 2.05) is 6.08 Å². The van der Waals surface area contributed by atoms with Gasteiger partial charge in [-0.15, -0.1) is 0 Å². The maximum Gasteiger partial charge on any atom is 0.220 e. The highest BCUT2D eigenvalue weighted by Crippen LogP contribution is 2.17. The molecule has 1 amide bonds. The van der Waals surface area contributed by atoms with Crippen LogP contribution in [0.3, 0.4) is 0 Å². The van der Waals surface area contributed by atoms with Gasteiger partial charge in [0.05, 0.1) is 18.8 Å². The zero-order valence-electron chi connectivity index (χ0n) is 40.7. The fourth-order valence-corrected chi connectivity index (χ4v) is 8.45. The van der Waals surface area contributed by atoms with Gasteiger partial charge in [-0.05, 0) is 51.4 Å². The Labute approximate surface area is 376 Å². The van der Waals surface area contributed by atoms with Crippen molar-refractivity contribution in [2.75, 3.05) is 6.61 Å². The summed E-state index contributed by atoms with van der Waals surface area (Å²) < 4.78 is 0. The predicted molar refractivity (Wildman–Crippen MR) is 267 cm³/mol. The number of rotatable bonds is 50. The zero-order chi connectivity index (χ0) is 43.5. The van der Waals surface area contributed by atoms with E-state index in [-0.39, 0.29) is 12.5 Å². The number of hydrogen-bond donors (Lipinski definition) is 3. The van der Waals surface area contributed by atoms with Crippen molar-refractivity contribution in [1.82, 2.24) is 5.32 Å². The lowest BCUT2D eigenvalue weighted by Crippen LogP contribution is -2.45. The Morgan fingerprint density at radius 1 is 0.400 bits per heavy atom. The third kappa shape index (κ3) is 47.7. The maximum absolute atomic E-state index is 12.5. The Kier molecular flexibility index (Phi) is 50.8. The van der Waals surface area contributed by atoms with Gasteiger partial charge in [0.25, 0.3) is 0 Å². The molecule has 0 rings (SSSR count). The van der Waals surface area contributed by atoms with E-state index in [1.165, 1.54) is 244 Å². The number of aliphatic hydroxyl groups excluding tert-OH is 2. The minimum atomic E-state index is -0.842. The number of unbranched alkanes of at least 4 members (excludes halogenated alkanes) is 39. The summed E-state index contributed by atoms with van der Waals surface area (Å²) in [5, 5.41) is 23.2. The van der Waals surface area contributed by atoms with Crippen molar-refractivity contribution in [1.29, 1.82) is 0 Å². The fourth-order valence-electron chi connectivity index (χ4n) is 8.45. The lowest BCUT2D eigenvalue weighted by atomic mass is 10.0. The van der Waals surface area contributed by atoms with Gasteiger partial charge in [0.2, 0.25) is 5.91 Å². The molecule has 60 heavy (non-hydrogen) atoms. The van der Waals surface area contributed by atoms with Gasteiger partial charge in [-0.2, -0.15) is 0 Å². The number of nitrogens with one attached hydrogen (secondary N) is 1. The van der Waals surface area contributed by atoms with Crippen LogP contribution >= 0.6 is 0 Å². The Balaban J connectivity index is 3.50. The van der Waals surface area contributed by atoms with Gasteiger partial charge in [-0.1, -0.05) is 275 Å². The lowest BCUT2D eigenvalue weighted by Gasteiger charge is -2.20. The summed E-state index contributed by atoms with van der Waals surface area (Å²) in [4.78, 5) is 12.5. The first-order valence-electron chi connectivity index (χ1n) is 27.2. The molecule has 3 N–H and O–H groups in total. The number of carbonyl (C=O) groups is 1. The molecular weight excluding hydrogens is 735 g/mol. The molecule has 0 aromatic rings. The number of amides is 1. The third-order valence-corrected chi connectivity index (χ3v) is 12.6. The predicted octanol–water partition coefficient (Wildman–Crippen LogP) is 17.7. The highest BCUT2D eigenvalue weighted by Gasteiger charge is 2.18. The van der Waals surface area contributed by atoms with Crippen LogP contribution in [0.4, 0.5) is 0 Å². The molecule has 0 heterocycles. The van der Waals surface area contributed by atoms with Gasteiger partial charge < -0.3 is 15.5 Å². The molecule has 0 aliphatic heterocycles. The van der Waals surface area contributed by atoms with Crippen LogP contribution in [-0.4, -0.2) is 34.9 Å². The Morgan fingerprint density at radius 3 is 1.00 bits per heavy atom. The first kappa shape index (κ1) is 58.6. The molecule has 2 atom stereocenters. The molecule has 354 valence electrons. The molecule has 4 heteroatoms. The quantitative estimate of drug-likeness (QED) is 0.0422. The largest absolute Gasteiger partial charge is 0.394 e. The molecule has 4 nitrogen and oxygen atoms in total. The molecule has 0 saturated carbocycles. The van der Waals surface area contributed by atoms with E-state index in [1.54, 1.807) is 6.08 Å². The van der Waals surface area contributed by atoms with Gasteiger partial charge in [0.15, 0.2) is 0 Å². The van der Waals surface area contributed by atoms with Crippen molar-refractivity contribution in [3.63, 3.8) is 0 Å². The second-order valence-corrected chi connectivity index (χ2v) is 18.7. The Bertz CT molecular complexity index is 912. The molecule has 0 spiro atoms. The van der Waals surface area contributed by atoms with Gasteiger partial charge in [0.1, 0.15) is 0 Å². The fraction of sp³-hybridized carbons (Fsp3) is 0.875. The van der Waals surface area contributed by atoms with Crippen LogP contribution in [0, 0.1) is 0 Å². The highest BCUT2D eigenvalue weighted by atomic mass is 16.3. The van der Waals surface area contributed by atoms with E-state index >= 15 is 0 Å². The van der Waals surface area contributed by atoms with Crippen molar-refractivity contribution in [3.05, 3.63) is 36.5 Å². The van der Waals surface area contributed by atoms with Crippen molar-refractivity contribution in [3.8, 4) is 0 Å². The smallest absolute Gasteiger partial charge is 0.220 e. The van der Waals surface area contributed by atoms with E-state index < -0.39 is 12.1 Å². The van der Waals surface area contributed by atoms with E-state index in [9.17, 15) is 15.0 Å². The van der Waals surface area contributed by atoms with Gasteiger partial charge in [0, 0.05) is 6.42 Å². The molecule has 0 aromatic carbocycles. The van der Waals surface area contributed by atoms with Crippen LogP contribution in [0.1, 0.15) is 296 Å². The Hall–Kier alpha value is -1.39. The van der Waals surface area contributed by atoms with Crippen molar-refractivity contribution in [2.45, 2.75) is 309 Å². The number of aliphatic hydroxyl groups is 2. The van der Waals surface area contributed by atoms with Crippen molar-refractivity contribution < 1.29 is 15.0 Å². The summed E-state index contributed by atoms with van der Waals surface area (Å²) in [6.07, 6.45) is 70.1. The SMILES string of the molecule is CCCCCCC/C=C\C/C=C\CCCCCCCCCCCC(=O)NC(CO)C(O)/C=C/CCCCCCCCCCCCCCCCCCCCCCCCCCC. The molecule has 0 radical (unpaired) electrons. The van der Waals surface area contributed by atoms with Gasteiger partial charge >= 0.3 is 0 Å². The second kappa shape index (κ2) is 52.0. The summed E-state index contributed by atoms with van der Waals surface area (Å²) in [6, 6.07) is -0.625. The van der Waals surface area contributed by atoms with Gasteiger partial charge in [-0.3, -0.25) is 4.79 Å². The summed E-state index contributed by atoms with van der Waals surface area (Å²) in [7, 11) is 0. The summed E-state index contributed by atoms with van der Waals surface area (Å²) >= 11 is 0. The minimum absolute atomic E-state index is 0.0652. The number of carbonyl (C=O) groups excluding carboxylic acids is 1. The van der Waals surface area contributed by atoms with E-state index in [4.69, 9.17) is 0 Å². The maximum atomic E-state index is 12.5. The third-order valence-electron chi connectivity index (χ3n) is 12.6. The average Bonchev–Trinajstić information content (AvgIpc) is 3.25. The van der Waals surface area contributed by atoms with Gasteiger partial charge in [-0.25, -0.2) is 0 Å². The molecule has 0 aromatic heterocycles. The second-order valence-electron chi connectivity index (χ2n) is 18.7. The molecule has 2 unspecified atom stereocenters. The Morgan fingerprint density at radius 2 is 0.683 bits per heavy atom. The van der Waals surface area contributed by atoms with Crippen LogP contribution < -0.4 is 5.32 Å². The first-order valence-corrected chi connectivity index (χ1v) is 27.2. The van der Waals surface area contributed by atoms with Crippen molar-refractivity contribution >= 4 is 5.91 Å². The normalized spacial score (nSPS) is 13.1. The molecule has 0 aliphatic rings. The van der Waals surface area contributed by atoms with Crippen LogP contribution in [0.25, 0.3) is 0 Å². The summed E-state index contributed by atoms with van der Waals surface area (Å²) in [6.45, 7) is 4.32. The first-order chi connectivity index (χ1) is 29.7. The average molecular weight is 842 g/mol. The number of hydrogen-bond acceptors (Lipinski definition) is 3. The molecule has 0 fully saturated rings. The van der Waals surface area contributed by atoms with Crippen LogP contribution in [0.2, 0.25) is 0 Å². The van der Waals surface area contributed by atoms with Crippen LogP contribution in [0.15, 0.2) is 36.5 Å². The standard InChI is InChI=1S/C56H107NO3/c1-3-5-7-9-11-13-15-17-19-21-23-25-26-27-28-29-30-32-33-35-37-39-41-43-45-47-49-51-55(59)54(53-58)57-56(60)52-50-48-46-44-42-40-38-36-34-31-24-22-20-18-16-14-12-10-8-6-4-2/h16,18,22,24,49,51,54-55,58-59H,3-15,17,19-21,23,25-48,50,52-53H2,1-2H3,(H,57,60)/b18-16-,24-22-,51-49+.